The van der Waals surface area contributed by atoms with E-state index in [4.69, 9.17) is 10.00 Å². The molecule has 0 saturated carbocycles. The molecule has 0 unspecified atom stereocenters. The first-order valence-corrected chi connectivity index (χ1v) is 6.46. The second kappa shape index (κ2) is 6.03. The second-order valence-electron chi connectivity index (χ2n) is 4.48. The highest BCUT2D eigenvalue weighted by Gasteiger charge is 2.10. The second-order valence-corrected chi connectivity index (χ2v) is 4.48. The van der Waals surface area contributed by atoms with Crippen LogP contribution in [0.2, 0.25) is 0 Å². The zero-order chi connectivity index (χ0) is 14.5. The van der Waals surface area contributed by atoms with Crippen molar-refractivity contribution in [3.63, 3.8) is 0 Å². The van der Waals surface area contributed by atoms with Crippen LogP contribution >= 0.6 is 0 Å². The Bertz CT molecular complexity index is 666. The number of aryl methyl sites for hydroxylation is 1. The normalized spacial score (nSPS) is 9.85. The molecule has 20 heavy (non-hydrogen) atoms. The SMILES string of the molecule is CCc1ccc(Oc2cc(C#N)ccc2C(C)=O)cc1. The molecule has 0 amide bonds. The van der Waals surface area contributed by atoms with Crippen molar-refractivity contribution < 1.29 is 9.53 Å². The molecule has 2 aromatic rings. The summed E-state index contributed by atoms with van der Waals surface area (Å²) in [5.74, 6) is 0.982. The van der Waals surface area contributed by atoms with Crippen molar-refractivity contribution in [1.29, 1.82) is 5.26 Å². The van der Waals surface area contributed by atoms with Crippen molar-refractivity contribution >= 4 is 5.78 Å². The van der Waals surface area contributed by atoms with Gasteiger partial charge in [0, 0.05) is 0 Å². The number of ketones is 1. The van der Waals surface area contributed by atoms with E-state index in [1.165, 1.54) is 12.5 Å². The summed E-state index contributed by atoms with van der Waals surface area (Å²) in [6.45, 7) is 3.56. The summed E-state index contributed by atoms with van der Waals surface area (Å²) in [4.78, 5) is 11.6. The molecule has 0 N–H and O–H groups in total. The Hall–Kier alpha value is -2.60. The van der Waals surface area contributed by atoms with E-state index in [-0.39, 0.29) is 5.78 Å². The van der Waals surface area contributed by atoms with Crippen molar-refractivity contribution in [1.82, 2.24) is 0 Å². The number of nitrogens with zero attached hydrogens (tertiary/aromatic N) is 1. The number of carbonyl (C=O) groups is 1. The van der Waals surface area contributed by atoms with Crippen LogP contribution in [0.5, 0.6) is 11.5 Å². The number of rotatable bonds is 4. The number of nitriles is 1. The summed E-state index contributed by atoms with van der Waals surface area (Å²) in [7, 11) is 0. The summed E-state index contributed by atoms with van der Waals surface area (Å²) in [6.07, 6.45) is 0.961. The molecule has 100 valence electrons. The lowest BCUT2D eigenvalue weighted by Crippen LogP contribution is -1.97. The number of ether oxygens (including phenoxy) is 1. The Balaban J connectivity index is 2.35. The lowest BCUT2D eigenvalue weighted by Gasteiger charge is -2.10. The Kier molecular flexibility index (Phi) is 4.17. The molecule has 0 saturated heterocycles. The minimum absolute atomic E-state index is 0.0883. The third-order valence-corrected chi connectivity index (χ3v) is 3.05. The standard InChI is InChI=1S/C17H15NO2/c1-3-13-4-7-15(8-5-13)20-17-10-14(11-18)6-9-16(17)12(2)19/h4-10H,3H2,1-2H3. The van der Waals surface area contributed by atoms with Gasteiger partial charge < -0.3 is 4.74 Å². The van der Waals surface area contributed by atoms with Gasteiger partial charge in [-0.2, -0.15) is 5.26 Å². The highest BCUT2D eigenvalue weighted by atomic mass is 16.5. The average Bonchev–Trinajstić information content (AvgIpc) is 2.47. The van der Waals surface area contributed by atoms with Crippen LogP contribution in [0.4, 0.5) is 0 Å². The molecule has 0 spiro atoms. The molecule has 3 nitrogen and oxygen atoms in total. The quantitative estimate of drug-likeness (QED) is 0.781. The molecule has 2 aromatic carbocycles. The van der Waals surface area contributed by atoms with Gasteiger partial charge in [0.25, 0.3) is 0 Å². The van der Waals surface area contributed by atoms with Crippen LogP contribution in [-0.2, 0) is 6.42 Å². The molecular formula is C17H15NO2. The number of benzene rings is 2. The van der Waals surface area contributed by atoms with Gasteiger partial charge in [-0.1, -0.05) is 19.1 Å². The lowest BCUT2D eigenvalue weighted by atomic mass is 10.1. The largest absolute Gasteiger partial charge is 0.457 e. The van der Waals surface area contributed by atoms with E-state index in [0.29, 0.717) is 22.6 Å². The first kappa shape index (κ1) is 13.8. The summed E-state index contributed by atoms with van der Waals surface area (Å²) >= 11 is 0. The van der Waals surface area contributed by atoms with Crippen molar-refractivity contribution in [2.45, 2.75) is 20.3 Å². The smallest absolute Gasteiger partial charge is 0.163 e. The van der Waals surface area contributed by atoms with Crippen molar-refractivity contribution in [2.24, 2.45) is 0 Å². The van der Waals surface area contributed by atoms with Crippen LogP contribution in [0.3, 0.4) is 0 Å². The van der Waals surface area contributed by atoms with E-state index < -0.39 is 0 Å². The number of Topliss-reactive ketones (excluding diaryl/α,β-unsaturated/α-hetero) is 1. The van der Waals surface area contributed by atoms with Crippen LogP contribution in [0, 0.1) is 11.3 Å². The van der Waals surface area contributed by atoms with E-state index >= 15 is 0 Å². The van der Waals surface area contributed by atoms with E-state index in [2.05, 4.69) is 6.92 Å². The Morgan fingerprint density at radius 2 is 1.90 bits per heavy atom. The molecule has 0 radical (unpaired) electrons. The zero-order valence-electron chi connectivity index (χ0n) is 11.5. The Morgan fingerprint density at radius 1 is 1.20 bits per heavy atom. The van der Waals surface area contributed by atoms with Gasteiger partial charge in [0.2, 0.25) is 0 Å². The first-order chi connectivity index (χ1) is 9.63. The van der Waals surface area contributed by atoms with Crippen LogP contribution < -0.4 is 4.74 Å². The van der Waals surface area contributed by atoms with Crippen LogP contribution in [-0.4, -0.2) is 5.78 Å². The maximum atomic E-state index is 11.6. The minimum Gasteiger partial charge on any atom is -0.457 e. The maximum Gasteiger partial charge on any atom is 0.163 e. The fourth-order valence-corrected chi connectivity index (χ4v) is 1.89. The van der Waals surface area contributed by atoms with Gasteiger partial charge in [-0.3, -0.25) is 4.79 Å². The zero-order valence-corrected chi connectivity index (χ0v) is 11.5. The summed E-state index contributed by atoms with van der Waals surface area (Å²) in [5, 5.41) is 8.94. The van der Waals surface area contributed by atoms with Gasteiger partial charge in [-0.05, 0) is 49.2 Å². The van der Waals surface area contributed by atoms with Crippen molar-refractivity contribution in [3.05, 3.63) is 59.2 Å². The molecule has 0 fully saturated rings. The molecular weight excluding hydrogens is 250 g/mol. The third-order valence-electron chi connectivity index (χ3n) is 3.05. The summed E-state index contributed by atoms with van der Waals surface area (Å²) in [6, 6.07) is 14.6. The topological polar surface area (TPSA) is 50.1 Å². The monoisotopic (exact) mass is 265 g/mol. The van der Waals surface area contributed by atoms with Crippen LogP contribution in [0.15, 0.2) is 42.5 Å². The summed E-state index contributed by atoms with van der Waals surface area (Å²) in [5.41, 5.74) is 2.16. The fraction of sp³-hybridized carbons (Fsp3) is 0.176. The summed E-state index contributed by atoms with van der Waals surface area (Å²) < 4.78 is 5.74. The molecule has 2 rings (SSSR count). The van der Waals surface area contributed by atoms with Gasteiger partial charge in [-0.15, -0.1) is 0 Å². The van der Waals surface area contributed by atoms with Crippen molar-refractivity contribution in [2.75, 3.05) is 0 Å². The number of carbonyl (C=O) groups excluding carboxylic acids is 1. The molecule has 0 atom stereocenters. The Labute approximate surface area is 118 Å². The predicted molar refractivity (Wildman–Crippen MR) is 77.1 cm³/mol. The highest BCUT2D eigenvalue weighted by Crippen LogP contribution is 2.27. The van der Waals surface area contributed by atoms with Gasteiger partial charge >= 0.3 is 0 Å². The molecule has 0 aliphatic carbocycles. The lowest BCUT2D eigenvalue weighted by molar-refractivity contribution is 0.101. The Morgan fingerprint density at radius 3 is 2.45 bits per heavy atom. The molecule has 0 aliphatic heterocycles. The van der Waals surface area contributed by atoms with Crippen LogP contribution in [0.25, 0.3) is 0 Å². The van der Waals surface area contributed by atoms with Gasteiger partial charge in [-0.25, -0.2) is 0 Å². The third kappa shape index (κ3) is 3.04. The van der Waals surface area contributed by atoms with Gasteiger partial charge in [0.05, 0.1) is 17.2 Å². The molecule has 0 aromatic heterocycles. The highest BCUT2D eigenvalue weighted by molar-refractivity contribution is 5.97. The minimum atomic E-state index is -0.0883. The van der Waals surface area contributed by atoms with E-state index in [1.807, 2.05) is 30.3 Å². The molecule has 0 bridgehead atoms. The molecule has 3 heteroatoms. The fourth-order valence-electron chi connectivity index (χ4n) is 1.89. The van der Waals surface area contributed by atoms with E-state index in [1.54, 1.807) is 18.2 Å². The first-order valence-electron chi connectivity index (χ1n) is 6.46. The number of hydrogen-bond donors (Lipinski definition) is 0. The van der Waals surface area contributed by atoms with Crippen molar-refractivity contribution in [3.8, 4) is 17.6 Å². The number of hydrogen-bond acceptors (Lipinski definition) is 3. The average molecular weight is 265 g/mol. The molecule has 0 aliphatic rings. The van der Waals surface area contributed by atoms with E-state index in [9.17, 15) is 4.79 Å². The maximum absolute atomic E-state index is 11.6. The predicted octanol–water partition coefficient (Wildman–Crippen LogP) is 4.12. The van der Waals surface area contributed by atoms with E-state index in [0.717, 1.165) is 6.42 Å². The van der Waals surface area contributed by atoms with Crippen LogP contribution in [0.1, 0.15) is 35.3 Å². The van der Waals surface area contributed by atoms with Gasteiger partial charge in [0.15, 0.2) is 5.78 Å². The van der Waals surface area contributed by atoms with Gasteiger partial charge in [0.1, 0.15) is 11.5 Å². The molecule has 0 heterocycles.